The first-order chi connectivity index (χ1) is 15.9. The van der Waals surface area contributed by atoms with Crippen molar-refractivity contribution in [3.8, 4) is 11.5 Å². The Morgan fingerprint density at radius 3 is 2.36 bits per heavy atom. The smallest absolute Gasteiger partial charge is 0.293 e. The van der Waals surface area contributed by atoms with Crippen LogP contribution in [0.2, 0.25) is 0 Å². The van der Waals surface area contributed by atoms with E-state index >= 15 is 0 Å². The van der Waals surface area contributed by atoms with E-state index in [0.717, 1.165) is 16.7 Å². The third kappa shape index (κ3) is 5.16. The summed E-state index contributed by atoms with van der Waals surface area (Å²) in [5, 5.41) is 10.2. The van der Waals surface area contributed by atoms with Crippen LogP contribution in [0.25, 0.3) is 6.08 Å². The van der Waals surface area contributed by atoms with Crippen molar-refractivity contribution >= 4 is 40.5 Å². The Morgan fingerprint density at radius 1 is 0.970 bits per heavy atom. The van der Waals surface area contributed by atoms with Crippen molar-refractivity contribution in [1.82, 2.24) is 4.90 Å². The van der Waals surface area contributed by atoms with Gasteiger partial charge >= 0.3 is 0 Å². The molecular weight excluding hydrogens is 444 g/mol. The number of ether oxygens (including phenoxy) is 1. The molecule has 9 heteroatoms. The number of ketones is 1. The van der Waals surface area contributed by atoms with Crippen molar-refractivity contribution < 1.29 is 24.0 Å². The van der Waals surface area contributed by atoms with Gasteiger partial charge in [-0.2, -0.15) is 0 Å². The molecule has 0 unspecified atom stereocenters. The van der Waals surface area contributed by atoms with Gasteiger partial charge in [-0.25, -0.2) is 0 Å². The number of Topliss-reactive ketones (excluding diaryl/α,β-unsaturated/α-hetero) is 1. The van der Waals surface area contributed by atoms with E-state index in [0.29, 0.717) is 17.1 Å². The first-order valence-electron chi connectivity index (χ1n) is 9.77. The van der Waals surface area contributed by atoms with Gasteiger partial charge in [-0.05, 0) is 59.8 Å². The van der Waals surface area contributed by atoms with Crippen molar-refractivity contribution in [3.05, 3.63) is 105 Å². The molecule has 33 heavy (non-hydrogen) atoms. The van der Waals surface area contributed by atoms with Gasteiger partial charge in [0.25, 0.3) is 16.8 Å². The molecule has 0 spiro atoms. The molecule has 4 rings (SSSR count). The molecule has 1 aliphatic heterocycles. The molecule has 1 saturated heterocycles. The van der Waals surface area contributed by atoms with Crippen LogP contribution >= 0.6 is 11.8 Å². The number of amides is 2. The van der Waals surface area contributed by atoms with Gasteiger partial charge in [-0.3, -0.25) is 29.4 Å². The molecule has 1 aliphatic rings. The average molecular weight is 460 g/mol. The number of carbonyl (C=O) groups is 3. The number of nitrogens with zero attached hydrogens (tertiary/aromatic N) is 2. The fourth-order valence-corrected chi connectivity index (χ4v) is 3.92. The number of hydrogen-bond acceptors (Lipinski definition) is 7. The number of nitro benzene ring substituents is 1. The van der Waals surface area contributed by atoms with Crippen molar-refractivity contribution in [2.75, 3.05) is 6.54 Å². The topological polar surface area (TPSA) is 107 Å². The van der Waals surface area contributed by atoms with Crippen LogP contribution in [-0.2, 0) is 4.79 Å². The number of hydrogen-bond donors (Lipinski definition) is 0. The Bertz CT molecular complexity index is 1270. The predicted molar refractivity (Wildman–Crippen MR) is 123 cm³/mol. The van der Waals surface area contributed by atoms with Crippen LogP contribution in [0.5, 0.6) is 11.5 Å². The number of carbonyl (C=O) groups excluding carboxylic acids is 3. The van der Waals surface area contributed by atoms with Gasteiger partial charge in [0.1, 0.15) is 11.5 Å². The van der Waals surface area contributed by atoms with E-state index in [-0.39, 0.29) is 16.2 Å². The molecule has 0 atom stereocenters. The highest BCUT2D eigenvalue weighted by Crippen LogP contribution is 2.33. The number of benzene rings is 3. The number of thioether (sulfide) groups is 1. The van der Waals surface area contributed by atoms with E-state index in [1.165, 1.54) is 24.3 Å². The van der Waals surface area contributed by atoms with E-state index in [4.69, 9.17) is 4.74 Å². The molecule has 0 aliphatic carbocycles. The fraction of sp³-hybridized carbons (Fsp3) is 0.0417. The summed E-state index contributed by atoms with van der Waals surface area (Å²) in [7, 11) is 0. The third-order valence-electron chi connectivity index (χ3n) is 4.71. The monoisotopic (exact) mass is 460 g/mol. The summed E-state index contributed by atoms with van der Waals surface area (Å²) in [4.78, 5) is 48.8. The highest BCUT2D eigenvalue weighted by Gasteiger charge is 2.36. The maximum Gasteiger partial charge on any atom is 0.293 e. The molecule has 1 heterocycles. The maximum atomic E-state index is 12.7. The molecule has 0 radical (unpaired) electrons. The zero-order valence-electron chi connectivity index (χ0n) is 17.0. The second-order valence-electron chi connectivity index (χ2n) is 6.98. The minimum atomic E-state index is -0.574. The molecule has 3 aromatic carbocycles. The zero-order chi connectivity index (χ0) is 23.4. The summed E-state index contributed by atoms with van der Waals surface area (Å²) >= 11 is 0.746. The second-order valence-corrected chi connectivity index (χ2v) is 7.98. The van der Waals surface area contributed by atoms with E-state index in [2.05, 4.69) is 0 Å². The lowest BCUT2D eigenvalue weighted by Gasteiger charge is -2.11. The number of para-hydroxylation sites is 1. The molecule has 164 valence electrons. The van der Waals surface area contributed by atoms with Crippen LogP contribution in [0.15, 0.2) is 83.8 Å². The van der Waals surface area contributed by atoms with Crippen molar-refractivity contribution in [1.29, 1.82) is 0 Å². The highest BCUT2D eigenvalue weighted by atomic mass is 32.2. The van der Waals surface area contributed by atoms with Gasteiger partial charge in [0.2, 0.25) is 0 Å². The summed E-state index contributed by atoms with van der Waals surface area (Å²) < 4.78 is 5.79. The van der Waals surface area contributed by atoms with Gasteiger partial charge in [0.15, 0.2) is 5.78 Å². The predicted octanol–water partition coefficient (Wildman–Crippen LogP) is 5.31. The Hall–Kier alpha value is -4.24. The van der Waals surface area contributed by atoms with E-state index in [1.54, 1.807) is 30.3 Å². The molecule has 8 nitrogen and oxygen atoms in total. The molecule has 3 aromatic rings. The van der Waals surface area contributed by atoms with Crippen LogP contribution < -0.4 is 4.74 Å². The maximum absolute atomic E-state index is 12.7. The third-order valence-corrected chi connectivity index (χ3v) is 5.62. The minimum Gasteiger partial charge on any atom is -0.457 e. The number of imide groups is 1. The molecule has 1 fully saturated rings. The van der Waals surface area contributed by atoms with Crippen molar-refractivity contribution in [2.45, 2.75) is 0 Å². The van der Waals surface area contributed by atoms with Crippen molar-refractivity contribution in [2.24, 2.45) is 0 Å². The van der Waals surface area contributed by atoms with E-state index in [1.807, 2.05) is 30.3 Å². The van der Waals surface area contributed by atoms with Crippen LogP contribution in [-0.4, -0.2) is 33.3 Å². The first kappa shape index (κ1) is 22.0. The molecule has 0 bridgehead atoms. The fourth-order valence-electron chi connectivity index (χ4n) is 3.08. The van der Waals surface area contributed by atoms with E-state index in [9.17, 15) is 24.5 Å². The van der Waals surface area contributed by atoms with Gasteiger partial charge in [0.05, 0.1) is 16.4 Å². The Labute approximate surface area is 192 Å². The largest absolute Gasteiger partial charge is 0.457 e. The lowest BCUT2D eigenvalue weighted by Crippen LogP contribution is -2.33. The summed E-state index contributed by atoms with van der Waals surface area (Å²) in [6, 6.07) is 21.3. The quantitative estimate of drug-likeness (QED) is 0.204. The summed E-state index contributed by atoms with van der Waals surface area (Å²) in [6.07, 6.45) is 1.57. The number of rotatable bonds is 7. The van der Waals surface area contributed by atoms with Crippen molar-refractivity contribution in [3.63, 3.8) is 0 Å². The molecule has 2 amide bonds. The molecule has 0 N–H and O–H groups in total. The van der Waals surface area contributed by atoms with Crippen LogP contribution in [0.3, 0.4) is 0 Å². The summed E-state index contributed by atoms with van der Waals surface area (Å²) in [6.45, 7) is -0.447. The zero-order valence-corrected chi connectivity index (χ0v) is 17.9. The van der Waals surface area contributed by atoms with Gasteiger partial charge in [0, 0.05) is 17.7 Å². The molecular formula is C24H16N2O6S. The molecule has 0 saturated carbocycles. The van der Waals surface area contributed by atoms with Crippen LogP contribution in [0.4, 0.5) is 10.5 Å². The number of nitro groups is 1. The standard InChI is InChI=1S/C24H16N2O6S/c27-21(17-9-11-18(12-10-17)26(30)31)15-25-23(28)22(33-24(25)29)14-16-5-4-8-20(13-16)32-19-6-2-1-3-7-19/h1-14H,15H2/b22-14+. The lowest BCUT2D eigenvalue weighted by molar-refractivity contribution is -0.384. The SMILES string of the molecule is O=C(CN1C(=O)S/C(=C/c2cccc(Oc3ccccc3)c2)C1=O)c1ccc([N+](=O)[O-])cc1. The Balaban J connectivity index is 1.47. The van der Waals surface area contributed by atoms with Crippen LogP contribution in [0, 0.1) is 10.1 Å². The Kier molecular flexibility index (Phi) is 6.32. The second kappa shape index (κ2) is 9.49. The Morgan fingerprint density at radius 2 is 1.67 bits per heavy atom. The average Bonchev–Trinajstić information content (AvgIpc) is 3.07. The first-order valence-corrected chi connectivity index (χ1v) is 10.6. The van der Waals surface area contributed by atoms with Gasteiger partial charge in [-0.15, -0.1) is 0 Å². The number of non-ortho nitro benzene ring substituents is 1. The summed E-state index contributed by atoms with van der Waals surface area (Å²) in [5.74, 6) is 0.170. The summed E-state index contributed by atoms with van der Waals surface area (Å²) in [5.41, 5.74) is 0.684. The minimum absolute atomic E-state index is 0.154. The van der Waals surface area contributed by atoms with E-state index < -0.39 is 28.4 Å². The molecule has 0 aromatic heterocycles. The van der Waals surface area contributed by atoms with Gasteiger partial charge in [-0.1, -0.05) is 30.3 Å². The van der Waals surface area contributed by atoms with Gasteiger partial charge < -0.3 is 4.74 Å². The lowest BCUT2D eigenvalue weighted by atomic mass is 10.1. The normalized spacial score (nSPS) is 14.5. The highest BCUT2D eigenvalue weighted by molar-refractivity contribution is 8.18. The van der Waals surface area contributed by atoms with Crippen LogP contribution in [0.1, 0.15) is 15.9 Å².